The van der Waals surface area contributed by atoms with Crippen LogP contribution in [0.3, 0.4) is 0 Å². The average molecular weight is 384 g/mol. The molecule has 0 aromatic heterocycles. The monoisotopic (exact) mass is 384 g/mol. The van der Waals surface area contributed by atoms with Gasteiger partial charge in [-0.15, -0.1) is 0 Å². The van der Waals surface area contributed by atoms with Gasteiger partial charge in [0, 0.05) is 6.26 Å². The van der Waals surface area contributed by atoms with Crippen LogP contribution >= 0.6 is 0 Å². The molecule has 2 aromatic carbocycles. The van der Waals surface area contributed by atoms with E-state index in [1.165, 1.54) is 6.26 Å². The summed E-state index contributed by atoms with van der Waals surface area (Å²) in [6.07, 6.45) is 4.59. The molecule has 5 nitrogen and oxygen atoms in total. The van der Waals surface area contributed by atoms with Crippen LogP contribution in [0.25, 0.3) is 5.57 Å². The van der Waals surface area contributed by atoms with Crippen molar-refractivity contribution in [3.63, 3.8) is 0 Å². The topological polar surface area (TPSA) is 69.7 Å². The van der Waals surface area contributed by atoms with Gasteiger partial charge in [0.05, 0.1) is 10.5 Å². The Kier molecular flexibility index (Phi) is 4.30. The van der Waals surface area contributed by atoms with Crippen molar-refractivity contribution in [3.8, 4) is 5.75 Å². The van der Waals surface area contributed by atoms with Gasteiger partial charge in [0.25, 0.3) is 0 Å². The highest BCUT2D eigenvalue weighted by atomic mass is 32.2. The van der Waals surface area contributed by atoms with Gasteiger partial charge in [0.2, 0.25) is 5.76 Å². The maximum absolute atomic E-state index is 12.6. The molecule has 1 aliphatic heterocycles. The number of ether oxygens (including phenoxy) is 2. The molecule has 0 bridgehead atoms. The Morgan fingerprint density at radius 2 is 1.59 bits per heavy atom. The number of hydrogen-bond donors (Lipinski definition) is 0. The van der Waals surface area contributed by atoms with E-state index in [1.807, 2.05) is 18.2 Å². The molecule has 1 fully saturated rings. The summed E-state index contributed by atoms with van der Waals surface area (Å²) in [6, 6.07) is 15.7. The number of esters is 1. The van der Waals surface area contributed by atoms with E-state index >= 15 is 0 Å². The first-order chi connectivity index (χ1) is 12.9. The molecule has 6 heteroatoms. The average Bonchev–Trinajstić information content (AvgIpc) is 3.20. The Morgan fingerprint density at radius 1 is 0.963 bits per heavy atom. The number of hydrogen-bond acceptors (Lipinski definition) is 5. The number of sulfone groups is 1. The van der Waals surface area contributed by atoms with E-state index in [2.05, 4.69) is 0 Å². The van der Waals surface area contributed by atoms with Gasteiger partial charge in [-0.25, -0.2) is 13.2 Å². The van der Waals surface area contributed by atoms with Gasteiger partial charge in [-0.2, -0.15) is 0 Å². The van der Waals surface area contributed by atoms with E-state index < -0.39 is 21.4 Å². The van der Waals surface area contributed by atoms with E-state index in [-0.39, 0.29) is 10.7 Å². The van der Waals surface area contributed by atoms with Crippen molar-refractivity contribution in [1.29, 1.82) is 0 Å². The Hall–Kier alpha value is -2.60. The van der Waals surface area contributed by atoms with Crippen LogP contribution in [-0.4, -0.2) is 26.2 Å². The van der Waals surface area contributed by atoms with Crippen LogP contribution in [-0.2, 0) is 19.4 Å². The van der Waals surface area contributed by atoms with Crippen molar-refractivity contribution in [2.24, 2.45) is 0 Å². The van der Waals surface area contributed by atoms with Crippen molar-refractivity contribution >= 4 is 21.4 Å². The zero-order valence-corrected chi connectivity index (χ0v) is 15.8. The molecule has 27 heavy (non-hydrogen) atoms. The molecule has 0 radical (unpaired) electrons. The summed E-state index contributed by atoms with van der Waals surface area (Å²) >= 11 is 0. The third-order valence-electron chi connectivity index (χ3n) is 5.10. The fraction of sp³-hybridized carbons (Fsp3) is 0.286. The second-order valence-electron chi connectivity index (χ2n) is 7.01. The lowest BCUT2D eigenvalue weighted by molar-refractivity contribution is -0.147. The first kappa shape index (κ1) is 17.8. The SMILES string of the molecule is CS(=O)(=O)c1ccc(C2=C(Oc3ccccc3)C(=O)OC23CCCC3)cc1. The molecule has 1 aliphatic carbocycles. The van der Waals surface area contributed by atoms with Gasteiger partial charge < -0.3 is 9.47 Å². The lowest BCUT2D eigenvalue weighted by Crippen LogP contribution is -2.27. The minimum absolute atomic E-state index is 0.190. The maximum atomic E-state index is 12.6. The summed E-state index contributed by atoms with van der Waals surface area (Å²) in [5.41, 5.74) is 0.781. The predicted octanol–water partition coefficient (Wildman–Crippen LogP) is 3.75. The van der Waals surface area contributed by atoms with Crippen molar-refractivity contribution < 1.29 is 22.7 Å². The van der Waals surface area contributed by atoms with Crippen LogP contribution < -0.4 is 4.74 Å². The van der Waals surface area contributed by atoms with Gasteiger partial charge in [-0.05, 0) is 55.5 Å². The fourth-order valence-electron chi connectivity index (χ4n) is 3.84. The number of carbonyl (C=O) groups is 1. The molecule has 2 aliphatic rings. The molecular weight excluding hydrogens is 364 g/mol. The minimum Gasteiger partial charge on any atom is -0.449 e. The highest BCUT2D eigenvalue weighted by molar-refractivity contribution is 7.90. The number of rotatable bonds is 4. The number of benzene rings is 2. The first-order valence-electron chi connectivity index (χ1n) is 8.91. The maximum Gasteiger partial charge on any atom is 0.375 e. The van der Waals surface area contributed by atoms with Gasteiger partial charge in [-0.3, -0.25) is 0 Å². The molecule has 2 aromatic rings. The molecule has 0 saturated heterocycles. The van der Waals surface area contributed by atoms with Crippen molar-refractivity contribution in [3.05, 3.63) is 65.9 Å². The first-order valence-corrected chi connectivity index (χ1v) is 10.8. The lowest BCUT2D eigenvalue weighted by Gasteiger charge is -2.25. The molecule has 1 spiro atoms. The van der Waals surface area contributed by atoms with Crippen LogP contribution in [0.4, 0.5) is 0 Å². The van der Waals surface area contributed by atoms with Crippen LogP contribution in [0.15, 0.2) is 65.3 Å². The summed E-state index contributed by atoms with van der Waals surface area (Å²) in [6.45, 7) is 0. The highest BCUT2D eigenvalue weighted by Crippen LogP contribution is 2.50. The third kappa shape index (κ3) is 3.25. The fourth-order valence-corrected chi connectivity index (χ4v) is 4.47. The molecular formula is C21H20O5S. The van der Waals surface area contributed by atoms with Crippen LogP contribution in [0.5, 0.6) is 5.75 Å². The number of carbonyl (C=O) groups excluding carboxylic acids is 1. The third-order valence-corrected chi connectivity index (χ3v) is 6.23. The second-order valence-corrected chi connectivity index (χ2v) is 9.02. The predicted molar refractivity (Wildman–Crippen MR) is 101 cm³/mol. The van der Waals surface area contributed by atoms with E-state index in [0.717, 1.165) is 31.2 Å². The van der Waals surface area contributed by atoms with Crippen LogP contribution in [0.1, 0.15) is 31.2 Å². The Morgan fingerprint density at radius 3 is 2.19 bits per heavy atom. The largest absolute Gasteiger partial charge is 0.449 e. The van der Waals surface area contributed by atoms with Gasteiger partial charge in [-0.1, -0.05) is 30.3 Å². The van der Waals surface area contributed by atoms with Crippen molar-refractivity contribution in [1.82, 2.24) is 0 Å². The quantitative estimate of drug-likeness (QED) is 0.751. The standard InChI is InChI=1S/C21H20O5S/c1-27(23,24)17-11-9-15(10-12-17)18-19(25-16-7-3-2-4-8-16)20(22)26-21(18)13-5-6-14-21/h2-4,7-12H,5-6,13-14H2,1H3. The Bertz CT molecular complexity index is 998. The summed E-state index contributed by atoms with van der Waals surface area (Å²) in [5.74, 6) is 0.280. The second kappa shape index (κ2) is 6.53. The van der Waals surface area contributed by atoms with E-state index in [4.69, 9.17) is 9.47 Å². The molecule has 4 rings (SSSR count). The van der Waals surface area contributed by atoms with E-state index in [1.54, 1.807) is 36.4 Å². The summed E-state index contributed by atoms with van der Waals surface area (Å²) in [4.78, 5) is 12.9. The molecule has 0 amide bonds. The van der Waals surface area contributed by atoms with Crippen molar-refractivity contribution in [2.75, 3.05) is 6.26 Å². The number of para-hydroxylation sites is 1. The molecule has 1 heterocycles. The van der Waals surface area contributed by atoms with Crippen LogP contribution in [0.2, 0.25) is 0 Å². The molecule has 0 atom stereocenters. The summed E-state index contributed by atoms with van der Waals surface area (Å²) in [5, 5.41) is 0. The molecule has 0 N–H and O–H groups in total. The smallest absolute Gasteiger partial charge is 0.375 e. The molecule has 1 saturated carbocycles. The zero-order valence-electron chi connectivity index (χ0n) is 15.0. The zero-order chi connectivity index (χ0) is 19.1. The van der Waals surface area contributed by atoms with Crippen LogP contribution in [0, 0.1) is 0 Å². The Balaban J connectivity index is 1.83. The highest BCUT2D eigenvalue weighted by Gasteiger charge is 2.51. The minimum atomic E-state index is -3.29. The van der Waals surface area contributed by atoms with Gasteiger partial charge in [0.1, 0.15) is 11.4 Å². The van der Waals surface area contributed by atoms with Gasteiger partial charge >= 0.3 is 5.97 Å². The molecule has 0 unspecified atom stereocenters. The molecule has 140 valence electrons. The van der Waals surface area contributed by atoms with Gasteiger partial charge in [0.15, 0.2) is 9.84 Å². The summed E-state index contributed by atoms with van der Waals surface area (Å²) in [7, 11) is -3.29. The Labute approximate surface area is 158 Å². The normalized spacial score (nSPS) is 18.8. The van der Waals surface area contributed by atoms with E-state index in [0.29, 0.717) is 11.3 Å². The lowest BCUT2D eigenvalue weighted by atomic mass is 9.87. The van der Waals surface area contributed by atoms with E-state index in [9.17, 15) is 13.2 Å². The van der Waals surface area contributed by atoms with Crippen molar-refractivity contribution in [2.45, 2.75) is 36.2 Å². The summed E-state index contributed by atoms with van der Waals surface area (Å²) < 4.78 is 35.2.